The Kier molecular flexibility index (Phi) is 5.11. The van der Waals surface area contributed by atoms with Gasteiger partial charge in [-0.25, -0.2) is 8.42 Å². The van der Waals surface area contributed by atoms with Crippen LogP contribution in [0.1, 0.15) is 33.1 Å². The van der Waals surface area contributed by atoms with Crippen LogP contribution in [0, 0.1) is 5.41 Å². The SMILES string of the molecule is CC(C)(C(=O)NCC1CCCO1)C(=O)NC1CCS(=O)(=O)C1. The average Bonchev–Trinajstić information content (AvgIpc) is 3.05. The van der Waals surface area contributed by atoms with E-state index in [2.05, 4.69) is 10.6 Å². The summed E-state index contributed by atoms with van der Waals surface area (Å²) in [5.74, 6) is -0.781. The van der Waals surface area contributed by atoms with Gasteiger partial charge in [0, 0.05) is 19.2 Å². The van der Waals surface area contributed by atoms with Gasteiger partial charge in [0.1, 0.15) is 5.41 Å². The highest BCUT2D eigenvalue weighted by Gasteiger charge is 2.39. The number of nitrogens with one attached hydrogen (secondary N) is 2. The second-order valence-corrected chi connectivity index (χ2v) is 8.77. The van der Waals surface area contributed by atoms with Gasteiger partial charge in [0.25, 0.3) is 0 Å². The Morgan fingerprint density at radius 3 is 2.50 bits per heavy atom. The molecule has 2 fully saturated rings. The third kappa shape index (κ3) is 4.19. The lowest BCUT2D eigenvalue weighted by Crippen LogP contribution is -2.51. The average molecular weight is 332 g/mol. The first kappa shape index (κ1) is 17.2. The van der Waals surface area contributed by atoms with E-state index in [-0.39, 0.29) is 23.5 Å². The molecular formula is C14H24N2O5S. The Hall–Kier alpha value is -1.15. The Balaban J connectivity index is 1.84. The molecule has 0 radical (unpaired) electrons. The van der Waals surface area contributed by atoms with Gasteiger partial charge in [0.2, 0.25) is 11.8 Å². The summed E-state index contributed by atoms with van der Waals surface area (Å²) < 4.78 is 28.2. The fraction of sp³-hybridized carbons (Fsp3) is 0.857. The molecule has 2 N–H and O–H groups in total. The maximum atomic E-state index is 12.3. The lowest BCUT2D eigenvalue weighted by molar-refractivity contribution is -0.142. The molecule has 0 aromatic carbocycles. The number of ether oxygens (including phenoxy) is 1. The molecule has 0 saturated carbocycles. The monoisotopic (exact) mass is 332 g/mol. The zero-order valence-corrected chi connectivity index (χ0v) is 13.9. The summed E-state index contributed by atoms with van der Waals surface area (Å²) in [6.45, 7) is 4.18. The number of carbonyl (C=O) groups is 2. The fourth-order valence-corrected chi connectivity index (χ4v) is 4.28. The zero-order chi connectivity index (χ0) is 16.4. The summed E-state index contributed by atoms with van der Waals surface area (Å²) >= 11 is 0. The molecule has 2 aliphatic rings. The van der Waals surface area contributed by atoms with Gasteiger partial charge in [-0.3, -0.25) is 9.59 Å². The minimum atomic E-state index is -3.06. The van der Waals surface area contributed by atoms with E-state index in [1.54, 1.807) is 0 Å². The van der Waals surface area contributed by atoms with E-state index in [0.717, 1.165) is 12.8 Å². The second kappa shape index (κ2) is 6.54. The smallest absolute Gasteiger partial charge is 0.235 e. The van der Waals surface area contributed by atoms with Crippen LogP contribution in [0.5, 0.6) is 0 Å². The van der Waals surface area contributed by atoms with Crippen LogP contribution in [0.15, 0.2) is 0 Å². The quantitative estimate of drug-likeness (QED) is 0.668. The van der Waals surface area contributed by atoms with Gasteiger partial charge < -0.3 is 15.4 Å². The maximum absolute atomic E-state index is 12.3. The minimum absolute atomic E-state index is 0.0165. The molecule has 2 rings (SSSR count). The predicted molar refractivity (Wildman–Crippen MR) is 81.0 cm³/mol. The molecule has 2 saturated heterocycles. The highest BCUT2D eigenvalue weighted by Crippen LogP contribution is 2.19. The van der Waals surface area contributed by atoms with E-state index >= 15 is 0 Å². The zero-order valence-electron chi connectivity index (χ0n) is 13.1. The summed E-state index contributed by atoms with van der Waals surface area (Å²) in [4.78, 5) is 24.5. The van der Waals surface area contributed by atoms with Crippen LogP contribution in [0.4, 0.5) is 0 Å². The molecule has 0 aromatic rings. The summed E-state index contributed by atoms with van der Waals surface area (Å²) in [5.41, 5.74) is -1.25. The van der Waals surface area contributed by atoms with Crippen molar-refractivity contribution in [2.75, 3.05) is 24.7 Å². The number of rotatable bonds is 5. The molecule has 2 unspecified atom stereocenters. The van der Waals surface area contributed by atoms with Crippen LogP contribution in [-0.2, 0) is 24.2 Å². The molecular weight excluding hydrogens is 308 g/mol. The first-order chi connectivity index (χ1) is 10.2. The second-order valence-electron chi connectivity index (χ2n) is 6.54. The van der Waals surface area contributed by atoms with Crippen molar-refractivity contribution < 1.29 is 22.7 Å². The standard InChI is InChI=1S/C14H24N2O5S/c1-14(2,12(17)15-8-11-4-3-6-21-11)13(18)16-10-5-7-22(19,20)9-10/h10-11H,3-9H2,1-2H3,(H,15,17)(H,16,18). The predicted octanol–water partition coefficient (Wildman–Crippen LogP) is -0.389. The molecule has 22 heavy (non-hydrogen) atoms. The largest absolute Gasteiger partial charge is 0.376 e. The number of amides is 2. The maximum Gasteiger partial charge on any atom is 0.235 e. The van der Waals surface area contributed by atoms with Crippen molar-refractivity contribution in [1.82, 2.24) is 10.6 Å². The van der Waals surface area contributed by atoms with E-state index in [4.69, 9.17) is 4.74 Å². The Bertz CT molecular complexity index is 537. The van der Waals surface area contributed by atoms with Gasteiger partial charge in [-0.1, -0.05) is 0 Å². The third-order valence-corrected chi connectivity index (χ3v) is 5.99. The number of sulfone groups is 1. The molecule has 0 bridgehead atoms. The lowest BCUT2D eigenvalue weighted by Gasteiger charge is -2.25. The van der Waals surface area contributed by atoms with Crippen molar-refractivity contribution in [3.8, 4) is 0 Å². The van der Waals surface area contributed by atoms with Crippen LogP contribution in [0.25, 0.3) is 0 Å². The molecule has 0 aliphatic carbocycles. The molecule has 7 nitrogen and oxygen atoms in total. The molecule has 0 spiro atoms. The van der Waals surface area contributed by atoms with Crippen molar-refractivity contribution in [3.63, 3.8) is 0 Å². The Morgan fingerprint density at radius 2 is 1.95 bits per heavy atom. The van der Waals surface area contributed by atoms with Crippen molar-refractivity contribution in [2.24, 2.45) is 5.41 Å². The molecule has 2 amide bonds. The summed E-state index contributed by atoms with van der Waals surface area (Å²) in [6.07, 6.45) is 2.32. The van der Waals surface area contributed by atoms with Gasteiger partial charge in [0.15, 0.2) is 9.84 Å². The Labute approximate surface area is 131 Å². The van der Waals surface area contributed by atoms with Gasteiger partial charge in [-0.15, -0.1) is 0 Å². The number of carbonyl (C=O) groups excluding carboxylic acids is 2. The lowest BCUT2D eigenvalue weighted by atomic mass is 9.90. The van der Waals surface area contributed by atoms with Crippen LogP contribution in [0.2, 0.25) is 0 Å². The topological polar surface area (TPSA) is 102 Å². The van der Waals surface area contributed by atoms with Crippen molar-refractivity contribution >= 4 is 21.7 Å². The van der Waals surface area contributed by atoms with Crippen LogP contribution in [-0.4, -0.2) is 57.0 Å². The van der Waals surface area contributed by atoms with E-state index in [1.807, 2.05) is 0 Å². The fourth-order valence-electron chi connectivity index (χ4n) is 2.61. The first-order valence-electron chi connectivity index (χ1n) is 7.62. The third-order valence-electron chi connectivity index (χ3n) is 4.22. The highest BCUT2D eigenvalue weighted by atomic mass is 32.2. The summed E-state index contributed by atoms with van der Waals surface area (Å²) in [6, 6.07) is -0.400. The number of hydrogen-bond donors (Lipinski definition) is 2. The Morgan fingerprint density at radius 1 is 1.23 bits per heavy atom. The van der Waals surface area contributed by atoms with Crippen molar-refractivity contribution in [1.29, 1.82) is 0 Å². The molecule has 0 aromatic heterocycles. The van der Waals surface area contributed by atoms with Gasteiger partial charge >= 0.3 is 0 Å². The van der Waals surface area contributed by atoms with Gasteiger partial charge in [-0.05, 0) is 33.1 Å². The summed E-state index contributed by atoms with van der Waals surface area (Å²) in [5, 5.41) is 5.42. The van der Waals surface area contributed by atoms with Crippen LogP contribution in [0.3, 0.4) is 0 Å². The number of hydrogen-bond acceptors (Lipinski definition) is 5. The normalized spacial score (nSPS) is 27.5. The first-order valence-corrected chi connectivity index (χ1v) is 9.44. The van der Waals surface area contributed by atoms with Crippen molar-refractivity contribution in [3.05, 3.63) is 0 Å². The van der Waals surface area contributed by atoms with E-state index in [9.17, 15) is 18.0 Å². The highest BCUT2D eigenvalue weighted by molar-refractivity contribution is 7.91. The van der Waals surface area contributed by atoms with E-state index < -0.39 is 27.2 Å². The molecule has 2 atom stereocenters. The minimum Gasteiger partial charge on any atom is -0.376 e. The van der Waals surface area contributed by atoms with Crippen LogP contribution >= 0.6 is 0 Å². The van der Waals surface area contributed by atoms with Crippen LogP contribution < -0.4 is 10.6 Å². The van der Waals surface area contributed by atoms with Gasteiger partial charge in [0.05, 0.1) is 17.6 Å². The molecule has 126 valence electrons. The molecule has 8 heteroatoms. The van der Waals surface area contributed by atoms with E-state index in [1.165, 1.54) is 13.8 Å². The molecule has 2 aliphatic heterocycles. The van der Waals surface area contributed by atoms with Gasteiger partial charge in [-0.2, -0.15) is 0 Å². The van der Waals surface area contributed by atoms with Crippen molar-refractivity contribution in [2.45, 2.75) is 45.3 Å². The summed E-state index contributed by atoms with van der Waals surface area (Å²) in [7, 11) is -3.06. The van der Waals surface area contributed by atoms with E-state index in [0.29, 0.717) is 19.6 Å². The molecule has 2 heterocycles.